The van der Waals surface area contributed by atoms with Crippen molar-refractivity contribution >= 4 is 12.2 Å². The Morgan fingerprint density at radius 2 is 1.32 bits per heavy atom. The van der Waals surface area contributed by atoms with Crippen molar-refractivity contribution in [2.24, 2.45) is 10.9 Å². The van der Waals surface area contributed by atoms with E-state index < -0.39 is 35.4 Å². The maximum absolute atomic E-state index is 13.6. The number of esters is 1. The number of rotatable bonds is 7. The number of carbonyl (C=O) groups is 1. The van der Waals surface area contributed by atoms with Gasteiger partial charge in [0.1, 0.15) is 6.04 Å². The molecule has 2 unspecified atom stereocenters. The normalized spacial score (nSPS) is 16.0. The van der Waals surface area contributed by atoms with E-state index in [2.05, 4.69) is 4.99 Å². The monoisotopic (exact) mass is 533 g/mol. The van der Waals surface area contributed by atoms with E-state index in [9.17, 15) is 31.1 Å². The number of halogens is 6. The lowest BCUT2D eigenvalue weighted by Gasteiger charge is -2.20. The molecule has 3 nitrogen and oxygen atoms in total. The molecule has 1 aliphatic heterocycles. The first-order chi connectivity index (χ1) is 17.8. The first-order valence-electron chi connectivity index (χ1n) is 11.9. The van der Waals surface area contributed by atoms with Gasteiger partial charge in [-0.25, -0.2) is 0 Å². The highest BCUT2D eigenvalue weighted by Gasteiger charge is 2.37. The highest BCUT2D eigenvalue weighted by atomic mass is 19.4. The molecule has 0 aromatic heterocycles. The predicted octanol–water partition coefficient (Wildman–Crippen LogP) is 8.49. The van der Waals surface area contributed by atoms with Gasteiger partial charge in [0.05, 0.1) is 24.2 Å². The summed E-state index contributed by atoms with van der Waals surface area (Å²) in [6, 6.07) is 13.6. The third kappa shape index (κ3) is 6.26. The van der Waals surface area contributed by atoms with Crippen molar-refractivity contribution in [2.75, 3.05) is 7.11 Å². The number of benzene rings is 3. The zero-order valence-electron chi connectivity index (χ0n) is 20.8. The molecule has 200 valence electrons. The molecule has 0 saturated carbocycles. The lowest BCUT2D eigenvalue weighted by molar-refractivity contribution is -0.144. The van der Waals surface area contributed by atoms with Gasteiger partial charge in [0.15, 0.2) is 0 Å². The molecule has 0 aliphatic carbocycles. The minimum Gasteiger partial charge on any atom is -0.469 e. The van der Waals surface area contributed by atoms with Crippen LogP contribution in [0.15, 0.2) is 65.7 Å². The summed E-state index contributed by atoms with van der Waals surface area (Å²) in [6.45, 7) is 3.81. The van der Waals surface area contributed by atoms with E-state index in [4.69, 9.17) is 4.74 Å². The Bertz CT molecular complexity index is 1320. The summed E-state index contributed by atoms with van der Waals surface area (Å²) in [6.07, 6.45) is -7.80. The van der Waals surface area contributed by atoms with Crippen LogP contribution < -0.4 is 0 Å². The summed E-state index contributed by atoms with van der Waals surface area (Å²) in [5, 5.41) is 0. The van der Waals surface area contributed by atoms with Crippen molar-refractivity contribution in [3.05, 3.63) is 82.9 Å². The van der Waals surface area contributed by atoms with Crippen molar-refractivity contribution < 1.29 is 35.9 Å². The quantitative estimate of drug-likeness (QED) is 0.226. The van der Waals surface area contributed by atoms with E-state index in [1.807, 2.05) is 38.1 Å². The summed E-state index contributed by atoms with van der Waals surface area (Å²) in [7, 11) is 1.24. The predicted molar refractivity (Wildman–Crippen MR) is 133 cm³/mol. The molecule has 3 aromatic rings. The van der Waals surface area contributed by atoms with Gasteiger partial charge >= 0.3 is 18.3 Å². The van der Waals surface area contributed by atoms with Crippen molar-refractivity contribution in [2.45, 2.75) is 44.6 Å². The van der Waals surface area contributed by atoms with Crippen LogP contribution in [0, 0.1) is 5.92 Å². The summed E-state index contributed by atoms with van der Waals surface area (Å²) >= 11 is 0. The Balaban J connectivity index is 1.92. The highest BCUT2D eigenvalue weighted by Crippen LogP contribution is 2.41. The second-order valence-electron chi connectivity index (χ2n) is 9.71. The third-order valence-electron chi connectivity index (χ3n) is 6.36. The highest BCUT2D eigenvalue weighted by molar-refractivity contribution is 5.83. The van der Waals surface area contributed by atoms with Crippen molar-refractivity contribution in [3.63, 3.8) is 0 Å². The Morgan fingerprint density at radius 1 is 0.816 bits per heavy atom. The van der Waals surface area contributed by atoms with E-state index in [1.54, 1.807) is 12.3 Å². The zero-order chi connectivity index (χ0) is 27.8. The second-order valence-corrected chi connectivity index (χ2v) is 9.71. The van der Waals surface area contributed by atoms with Gasteiger partial charge in [0.25, 0.3) is 0 Å². The van der Waals surface area contributed by atoms with Crippen molar-refractivity contribution in [1.29, 1.82) is 0 Å². The number of hydrogen-bond acceptors (Lipinski definition) is 3. The van der Waals surface area contributed by atoms with Crippen LogP contribution in [0.3, 0.4) is 0 Å². The standard InChI is InChI=1S/C29H25F6NO2/c1-16(2)8-25(27(37)38-3)22-10-19(17-4-6-18(7-5-17)26-15-36-26)9-20(11-22)21-12-23(28(30,31)32)14-24(13-21)29(33,34)35/h4-7,9-16,25-26H,8H2,1-3H3. The largest absolute Gasteiger partial charge is 0.469 e. The molecular formula is C29H25F6NO2. The van der Waals surface area contributed by atoms with Crippen LogP contribution in [0.4, 0.5) is 26.3 Å². The molecule has 0 spiro atoms. The third-order valence-corrected chi connectivity index (χ3v) is 6.36. The number of aliphatic imine (C=N–C) groups is 1. The average Bonchev–Trinajstić information content (AvgIpc) is 3.71. The van der Waals surface area contributed by atoms with E-state index in [-0.39, 0.29) is 29.2 Å². The van der Waals surface area contributed by atoms with Crippen molar-refractivity contribution in [1.82, 2.24) is 0 Å². The first kappa shape index (κ1) is 27.4. The molecule has 1 heterocycles. The van der Waals surface area contributed by atoms with Crippen LogP contribution in [0.1, 0.15) is 54.5 Å². The molecule has 0 saturated heterocycles. The SMILES string of the molecule is COC(=O)C(CC(C)C)c1cc(-c2ccc(C3C=N3)cc2)cc(-c2cc(C(F)(F)F)cc(C(F)(F)F)c2)c1. The molecular weight excluding hydrogens is 508 g/mol. The number of ether oxygens (including phenoxy) is 1. The van der Waals surface area contributed by atoms with Crippen LogP contribution in [-0.2, 0) is 21.9 Å². The van der Waals surface area contributed by atoms with Gasteiger partial charge in [-0.15, -0.1) is 0 Å². The van der Waals surface area contributed by atoms with Gasteiger partial charge in [0, 0.05) is 6.21 Å². The second kappa shape index (κ2) is 10.3. The van der Waals surface area contributed by atoms with Crippen LogP contribution in [0.2, 0.25) is 0 Å². The van der Waals surface area contributed by atoms with Gasteiger partial charge in [-0.05, 0) is 70.0 Å². The fraction of sp³-hybridized carbons (Fsp3) is 0.310. The molecule has 0 fully saturated rings. The number of hydrogen-bond donors (Lipinski definition) is 0. The topological polar surface area (TPSA) is 38.7 Å². The minimum atomic E-state index is -4.98. The molecule has 2 atom stereocenters. The zero-order valence-corrected chi connectivity index (χ0v) is 20.8. The van der Waals surface area contributed by atoms with E-state index in [0.29, 0.717) is 35.2 Å². The van der Waals surface area contributed by atoms with Gasteiger partial charge in [-0.2, -0.15) is 26.3 Å². The van der Waals surface area contributed by atoms with Gasteiger partial charge in [0.2, 0.25) is 0 Å². The van der Waals surface area contributed by atoms with Crippen LogP contribution in [0.5, 0.6) is 0 Å². The number of carbonyl (C=O) groups excluding carboxylic acids is 1. The lowest BCUT2D eigenvalue weighted by atomic mass is 9.85. The van der Waals surface area contributed by atoms with Crippen LogP contribution >= 0.6 is 0 Å². The van der Waals surface area contributed by atoms with Gasteiger partial charge in [-0.1, -0.05) is 50.2 Å². The molecule has 0 N–H and O–H groups in total. The maximum Gasteiger partial charge on any atom is 0.416 e. The fourth-order valence-corrected chi connectivity index (χ4v) is 4.38. The van der Waals surface area contributed by atoms with E-state index in [1.165, 1.54) is 19.2 Å². The summed E-state index contributed by atoms with van der Waals surface area (Å²) in [4.78, 5) is 16.8. The van der Waals surface area contributed by atoms with E-state index in [0.717, 1.165) is 5.56 Å². The Morgan fingerprint density at radius 3 is 1.76 bits per heavy atom. The lowest BCUT2D eigenvalue weighted by Crippen LogP contribution is -2.16. The van der Waals surface area contributed by atoms with Crippen LogP contribution in [0.25, 0.3) is 22.3 Å². The Labute approximate surface area is 216 Å². The molecule has 0 bridgehead atoms. The smallest absolute Gasteiger partial charge is 0.416 e. The van der Waals surface area contributed by atoms with Gasteiger partial charge < -0.3 is 4.74 Å². The summed E-state index contributed by atoms with van der Waals surface area (Å²) in [5.74, 6) is -1.23. The molecule has 3 aromatic carbocycles. The summed E-state index contributed by atoms with van der Waals surface area (Å²) < 4.78 is 86.4. The van der Waals surface area contributed by atoms with E-state index >= 15 is 0 Å². The first-order valence-corrected chi connectivity index (χ1v) is 11.9. The molecule has 0 radical (unpaired) electrons. The molecule has 9 heteroatoms. The number of nitrogens with zero attached hydrogens (tertiary/aromatic N) is 1. The molecule has 38 heavy (non-hydrogen) atoms. The minimum absolute atomic E-state index is 0.0200. The average molecular weight is 534 g/mol. The number of alkyl halides is 6. The number of methoxy groups -OCH3 is 1. The molecule has 4 rings (SSSR count). The summed E-state index contributed by atoms with van der Waals surface area (Å²) in [5.41, 5.74) is -0.306. The molecule has 0 amide bonds. The van der Waals surface area contributed by atoms with Gasteiger partial charge in [-0.3, -0.25) is 9.79 Å². The maximum atomic E-state index is 13.6. The Kier molecular flexibility index (Phi) is 7.41. The van der Waals surface area contributed by atoms with Crippen LogP contribution in [-0.4, -0.2) is 19.3 Å². The Hall–Kier alpha value is -3.62. The molecule has 1 aliphatic rings. The fourth-order valence-electron chi connectivity index (χ4n) is 4.38. The van der Waals surface area contributed by atoms with Crippen molar-refractivity contribution in [3.8, 4) is 22.3 Å².